The summed E-state index contributed by atoms with van der Waals surface area (Å²) in [5.74, 6) is -1.05. The topological polar surface area (TPSA) is 114 Å². The van der Waals surface area contributed by atoms with Crippen LogP contribution in [0.1, 0.15) is 12.6 Å². The minimum atomic E-state index is -3.27. The van der Waals surface area contributed by atoms with Crippen molar-refractivity contribution >= 4 is 16.0 Å². The van der Waals surface area contributed by atoms with E-state index in [0.717, 1.165) is 4.68 Å². The first-order valence-corrected chi connectivity index (χ1v) is 6.16. The van der Waals surface area contributed by atoms with Gasteiger partial charge in [0.1, 0.15) is 6.54 Å². The van der Waals surface area contributed by atoms with E-state index in [1.807, 2.05) is 0 Å². The molecule has 1 aromatic rings. The van der Waals surface area contributed by atoms with E-state index >= 15 is 0 Å². The fourth-order valence-corrected chi connectivity index (χ4v) is 1.49. The number of carboxylic acid groups (broad SMARTS) is 1. The smallest absolute Gasteiger partial charge is 0.325 e. The largest absolute Gasteiger partial charge is 0.480 e. The summed E-state index contributed by atoms with van der Waals surface area (Å²) in [6, 6.07) is 0. The summed E-state index contributed by atoms with van der Waals surface area (Å²) in [6.07, 6.45) is 1.38. The van der Waals surface area contributed by atoms with Gasteiger partial charge in [0.2, 0.25) is 10.0 Å². The summed E-state index contributed by atoms with van der Waals surface area (Å²) in [6.45, 7) is 1.23. The molecule has 0 unspecified atom stereocenters. The van der Waals surface area contributed by atoms with E-state index in [1.165, 1.54) is 13.1 Å². The van der Waals surface area contributed by atoms with Gasteiger partial charge in [-0.05, 0) is 6.92 Å². The quantitative estimate of drug-likeness (QED) is 0.653. The minimum Gasteiger partial charge on any atom is -0.480 e. The predicted molar refractivity (Wildman–Crippen MR) is 54.0 cm³/mol. The first-order valence-electron chi connectivity index (χ1n) is 4.51. The Labute approximate surface area is 92.3 Å². The molecule has 0 radical (unpaired) electrons. The molecule has 0 bridgehead atoms. The van der Waals surface area contributed by atoms with Crippen LogP contribution >= 0.6 is 0 Å². The number of carboxylic acids is 1. The molecule has 8 nitrogen and oxygen atoms in total. The number of aliphatic carboxylic acids is 1. The maximum atomic E-state index is 11.1. The highest BCUT2D eigenvalue weighted by atomic mass is 32.2. The fraction of sp³-hybridized carbons (Fsp3) is 0.571. The first kappa shape index (κ1) is 12.6. The van der Waals surface area contributed by atoms with Crippen molar-refractivity contribution in [1.82, 2.24) is 19.7 Å². The van der Waals surface area contributed by atoms with Crippen LogP contribution in [0.25, 0.3) is 0 Å². The third-order valence-electron chi connectivity index (χ3n) is 1.74. The summed E-state index contributed by atoms with van der Waals surface area (Å²) >= 11 is 0. The Morgan fingerprint density at radius 2 is 2.31 bits per heavy atom. The van der Waals surface area contributed by atoms with Gasteiger partial charge in [-0.3, -0.25) is 4.79 Å². The van der Waals surface area contributed by atoms with Crippen LogP contribution in [0.2, 0.25) is 0 Å². The molecular formula is C7H12N4O4S. The van der Waals surface area contributed by atoms with E-state index in [-0.39, 0.29) is 18.8 Å². The number of sulfonamides is 1. The highest BCUT2D eigenvalue weighted by molar-refractivity contribution is 7.89. The van der Waals surface area contributed by atoms with Crippen LogP contribution in [-0.4, -0.2) is 40.2 Å². The average molecular weight is 248 g/mol. The summed E-state index contributed by atoms with van der Waals surface area (Å²) in [7, 11) is -3.27. The number of carbonyl (C=O) groups is 1. The van der Waals surface area contributed by atoms with E-state index < -0.39 is 16.0 Å². The summed E-state index contributed by atoms with van der Waals surface area (Å²) < 4.78 is 25.6. The Hall–Kier alpha value is -1.48. The SMILES string of the molecule is CCS(=O)(=O)NCc1cn(CC(=O)O)nn1. The van der Waals surface area contributed by atoms with E-state index in [9.17, 15) is 13.2 Å². The van der Waals surface area contributed by atoms with Crippen molar-refractivity contribution in [3.8, 4) is 0 Å². The number of rotatable bonds is 6. The van der Waals surface area contributed by atoms with Crippen LogP contribution in [0.3, 0.4) is 0 Å². The molecule has 0 saturated carbocycles. The van der Waals surface area contributed by atoms with Crippen molar-refractivity contribution in [2.45, 2.75) is 20.0 Å². The Morgan fingerprint density at radius 3 is 2.88 bits per heavy atom. The third kappa shape index (κ3) is 3.95. The molecule has 0 amide bonds. The molecular weight excluding hydrogens is 236 g/mol. The number of nitrogens with one attached hydrogen (secondary N) is 1. The number of aromatic nitrogens is 3. The number of hydrogen-bond donors (Lipinski definition) is 2. The highest BCUT2D eigenvalue weighted by Crippen LogP contribution is 1.94. The molecule has 0 aromatic carbocycles. The zero-order chi connectivity index (χ0) is 12.2. The van der Waals surface area contributed by atoms with Crippen molar-refractivity contribution in [2.75, 3.05) is 5.75 Å². The van der Waals surface area contributed by atoms with Crippen LogP contribution in [0.15, 0.2) is 6.20 Å². The maximum Gasteiger partial charge on any atom is 0.325 e. The fourth-order valence-electron chi connectivity index (χ4n) is 0.921. The molecule has 0 fully saturated rings. The van der Waals surface area contributed by atoms with Crippen molar-refractivity contribution in [3.05, 3.63) is 11.9 Å². The van der Waals surface area contributed by atoms with Crippen LogP contribution in [0.4, 0.5) is 0 Å². The van der Waals surface area contributed by atoms with Gasteiger partial charge in [0.25, 0.3) is 0 Å². The van der Waals surface area contributed by atoms with Gasteiger partial charge in [-0.1, -0.05) is 5.21 Å². The molecule has 2 N–H and O–H groups in total. The van der Waals surface area contributed by atoms with Crippen molar-refractivity contribution in [3.63, 3.8) is 0 Å². The molecule has 0 aliphatic heterocycles. The molecule has 90 valence electrons. The van der Waals surface area contributed by atoms with Crippen molar-refractivity contribution in [1.29, 1.82) is 0 Å². The second-order valence-corrected chi connectivity index (χ2v) is 5.12. The normalized spacial score (nSPS) is 11.6. The Kier molecular flexibility index (Phi) is 3.96. The zero-order valence-corrected chi connectivity index (χ0v) is 9.44. The van der Waals surface area contributed by atoms with Crippen LogP contribution < -0.4 is 4.72 Å². The lowest BCUT2D eigenvalue weighted by Crippen LogP contribution is -2.24. The predicted octanol–water partition coefficient (Wildman–Crippen LogP) is -1.20. The first-order chi connectivity index (χ1) is 7.43. The number of nitrogens with zero attached hydrogens (tertiary/aromatic N) is 3. The monoisotopic (exact) mass is 248 g/mol. The van der Waals surface area contributed by atoms with Gasteiger partial charge in [-0.2, -0.15) is 0 Å². The molecule has 0 saturated heterocycles. The van der Waals surface area contributed by atoms with Gasteiger partial charge in [-0.15, -0.1) is 5.10 Å². The Bertz CT molecular complexity index is 466. The summed E-state index contributed by atoms with van der Waals surface area (Å²) in [4.78, 5) is 10.3. The average Bonchev–Trinajstić information content (AvgIpc) is 2.62. The zero-order valence-electron chi connectivity index (χ0n) is 8.62. The Balaban J connectivity index is 2.56. The van der Waals surface area contributed by atoms with Crippen LogP contribution in [0, 0.1) is 0 Å². The summed E-state index contributed by atoms with van der Waals surface area (Å²) in [5, 5.41) is 15.6. The molecule has 9 heteroatoms. The van der Waals surface area contributed by atoms with Crippen molar-refractivity contribution in [2.24, 2.45) is 0 Å². The lowest BCUT2D eigenvalue weighted by atomic mass is 10.5. The molecule has 1 rings (SSSR count). The molecule has 1 aromatic heterocycles. The molecule has 0 atom stereocenters. The molecule has 0 spiro atoms. The van der Waals surface area contributed by atoms with Crippen LogP contribution in [0.5, 0.6) is 0 Å². The molecule has 16 heavy (non-hydrogen) atoms. The molecule has 1 heterocycles. The summed E-state index contributed by atoms with van der Waals surface area (Å²) in [5.41, 5.74) is 0.373. The van der Waals surface area contributed by atoms with Gasteiger partial charge < -0.3 is 5.11 Å². The second kappa shape index (κ2) is 5.03. The van der Waals surface area contributed by atoms with Gasteiger partial charge in [0.15, 0.2) is 0 Å². The van der Waals surface area contributed by atoms with Gasteiger partial charge in [0, 0.05) is 0 Å². The standard InChI is InChI=1S/C7H12N4O4S/c1-2-16(14,15)8-3-6-4-11(10-9-6)5-7(12)13/h4,8H,2-3,5H2,1H3,(H,12,13). The van der Waals surface area contributed by atoms with Gasteiger partial charge in [0.05, 0.1) is 24.2 Å². The van der Waals surface area contributed by atoms with Gasteiger partial charge >= 0.3 is 5.97 Å². The van der Waals surface area contributed by atoms with Crippen molar-refractivity contribution < 1.29 is 18.3 Å². The van der Waals surface area contributed by atoms with E-state index in [1.54, 1.807) is 0 Å². The molecule has 0 aliphatic carbocycles. The molecule has 0 aliphatic rings. The highest BCUT2D eigenvalue weighted by Gasteiger charge is 2.08. The third-order valence-corrected chi connectivity index (χ3v) is 3.08. The Morgan fingerprint density at radius 1 is 1.62 bits per heavy atom. The minimum absolute atomic E-state index is 0.00971. The number of hydrogen-bond acceptors (Lipinski definition) is 5. The van der Waals surface area contributed by atoms with E-state index in [2.05, 4.69) is 15.0 Å². The van der Waals surface area contributed by atoms with E-state index in [0.29, 0.717) is 5.69 Å². The maximum absolute atomic E-state index is 11.1. The lowest BCUT2D eigenvalue weighted by Gasteiger charge is -2.00. The lowest BCUT2D eigenvalue weighted by molar-refractivity contribution is -0.137. The second-order valence-electron chi connectivity index (χ2n) is 3.03. The van der Waals surface area contributed by atoms with Crippen LogP contribution in [-0.2, 0) is 27.9 Å². The van der Waals surface area contributed by atoms with E-state index in [4.69, 9.17) is 5.11 Å². The van der Waals surface area contributed by atoms with Gasteiger partial charge in [-0.25, -0.2) is 17.8 Å².